The number of halogens is 2. The topological polar surface area (TPSA) is 26.3 Å². The first kappa shape index (κ1) is 9.19. The highest BCUT2D eigenvalue weighted by molar-refractivity contribution is 9.10. The second-order valence-electron chi connectivity index (χ2n) is 2.20. The smallest absolute Gasteiger partial charge is 0.298 e. The fourth-order valence-corrected chi connectivity index (χ4v) is 1.14. The summed E-state index contributed by atoms with van der Waals surface area (Å²) < 4.78 is 18.1. The Morgan fingerprint density at radius 3 is 2.83 bits per heavy atom. The van der Waals surface area contributed by atoms with Crippen LogP contribution in [0.1, 0.15) is 5.56 Å². The van der Waals surface area contributed by atoms with Crippen molar-refractivity contribution in [2.24, 2.45) is 0 Å². The number of rotatable bonds is 2. The maximum absolute atomic E-state index is 12.9. The van der Waals surface area contributed by atoms with Gasteiger partial charge in [0.2, 0.25) is 0 Å². The second kappa shape index (κ2) is 3.67. The van der Waals surface area contributed by atoms with Crippen LogP contribution in [0.4, 0.5) is 4.39 Å². The molecule has 0 unspecified atom stereocenters. The summed E-state index contributed by atoms with van der Waals surface area (Å²) in [6, 6.07) is 2.79. The minimum Gasteiger partial charge on any atom is -0.425 e. The molecule has 0 N–H and O–H groups in total. The molecule has 0 aliphatic rings. The van der Waals surface area contributed by atoms with E-state index in [1.807, 2.05) is 0 Å². The SMILES string of the molecule is Cc1c(Br)ccc(F)c1OC=O. The quantitative estimate of drug-likeness (QED) is 0.733. The Morgan fingerprint density at radius 2 is 2.25 bits per heavy atom. The Labute approximate surface area is 77.5 Å². The molecule has 0 aromatic heterocycles. The van der Waals surface area contributed by atoms with Gasteiger partial charge in [-0.05, 0) is 19.1 Å². The van der Waals surface area contributed by atoms with Crippen molar-refractivity contribution in [3.8, 4) is 5.75 Å². The number of hydrogen-bond donors (Lipinski definition) is 0. The van der Waals surface area contributed by atoms with Gasteiger partial charge in [0.05, 0.1) is 0 Å². The zero-order valence-electron chi connectivity index (χ0n) is 6.30. The predicted molar refractivity (Wildman–Crippen MR) is 45.5 cm³/mol. The Morgan fingerprint density at radius 1 is 1.58 bits per heavy atom. The fraction of sp³-hybridized carbons (Fsp3) is 0.125. The molecule has 0 bridgehead atoms. The summed E-state index contributed by atoms with van der Waals surface area (Å²) in [5.74, 6) is -0.567. The molecule has 2 nitrogen and oxygen atoms in total. The molecule has 64 valence electrons. The van der Waals surface area contributed by atoms with Crippen molar-refractivity contribution < 1.29 is 13.9 Å². The third-order valence-corrected chi connectivity index (χ3v) is 2.32. The zero-order valence-corrected chi connectivity index (χ0v) is 7.89. The van der Waals surface area contributed by atoms with Crippen molar-refractivity contribution >= 4 is 22.4 Å². The van der Waals surface area contributed by atoms with E-state index < -0.39 is 5.82 Å². The third-order valence-electron chi connectivity index (χ3n) is 1.46. The number of benzene rings is 1. The normalized spacial score (nSPS) is 9.58. The van der Waals surface area contributed by atoms with Crippen LogP contribution in [0.25, 0.3) is 0 Å². The van der Waals surface area contributed by atoms with E-state index in [-0.39, 0.29) is 12.2 Å². The summed E-state index contributed by atoms with van der Waals surface area (Å²) in [5.41, 5.74) is 0.571. The van der Waals surface area contributed by atoms with Crippen LogP contribution in [0, 0.1) is 12.7 Å². The molecule has 0 aliphatic carbocycles. The minimum absolute atomic E-state index is 0.0284. The first-order valence-electron chi connectivity index (χ1n) is 3.21. The van der Waals surface area contributed by atoms with E-state index in [0.29, 0.717) is 10.0 Å². The van der Waals surface area contributed by atoms with Gasteiger partial charge in [0.15, 0.2) is 11.6 Å². The van der Waals surface area contributed by atoms with Crippen LogP contribution in [0.5, 0.6) is 5.75 Å². The molecule has 0 fully saturated rings. The van der Waals surface area contributed by atoms with Crippen LogP contribution in [0.3, 0.4) is 0 Å². The van der Waals surface area contributed by atoms with E-state index in [1.165, 1.54) is 6.07 Å². The van der Waals surface area contributed by atoms with Gasteiger partial charge in [-0.15, -0.1) is 0 Å². The molecular weight excluding hydrogens is 227 g/mol. The maximum Gasteiger partial charge on any atom is 0.298 e. The van der Waals surface area contributed by atoms with E-state index in [0.717, 1.165) is 0 Å². The summed E-state index contributed by atoms with van der Waals surface area (Å²) in [6.45, 7) is 1.86. The van der Waals surface area contributed by atoms with E-state index in [4.69, 9.17) is 0 Å². The number of hydrogen-bond acceptors (Lipinski definition) is 2. The van der Waals surface area contributed by atoms with Gasteiger partial charge in [0.1, 0.15) is 0 Å². The molecule has 0 aliphatic heterocycles. The molecule has 0 radical (unpaired) electrons. The molecule has 0 saturated heterocycles. The van der Waals surface area contributed by atoms with Gasteiger partial charge in [0, 0.05) is 10.0 Å². The van der Waals surface area contributed by atoms with E-state index in [1.54, 1.807) is 13.0 Å². The molecule has 1 aromatic carbocycles. The average molecular weight is 233 g/mol. The predicted octanol–water partition coefficient (Wildman–Crippen LogP) is 2.43. The molecule has 0 spiro atoms. The highest BCUT2D eigenvalue weighted by Gasteiger charge is 2.09. The fourth-order valence-electron chi connectivity index (χ4n) is 0.827. The first-order chi connectivity index (χ1) is 5.66. The van der Waals surface area contributed by atoms with Crippen LogP contribution in [0.15, 0.2) is 16.6 Å². The van der Waals surface area contributed by atoms with Crippen molar-refractivity contribution in [3.05, 3.63) is 28.0 Å². The summed E-state index contributed by atoms with van der Waals surface area (Å²) in [6.07, 6.45) is 0. The third kappa shape index (κ3) is 1.64. The molecule has 0 amide bonds. The van der Waals surface area contributed by atoms with E-state index >= 15 is 0 Å². The van der Waals surface area contributed by atoms with Crippen LogP contribution >= 0.6 is 15.9 Å². The van der Waals surface area contributed by atoms with Crippen LogP contribution in [-0.2, 0) is 4.79 Å². The van der Waals surface area contributed by atoms with Gasteiger partial charge in [-0.25, -0.2) is 4.39 Å². The van der Waals surface area contributed by atoms with Crippen molar-refractivity contribution in [2.75, 3.05) is 0 Å². The molecule has 1 rings (SSSR count). The summed E-state index contributed by atoms with van der Waals surface area (Å²) in [7, 11) is 0. The lowest BCUT2D eigenvalue weighted by molar-refractivity contribution is -0.120. The highest BCUT2D eigenvalue weighted by atomic mass is 79.9. The standard InChI is InChI=1S/C8H6BrFO2/c1-5-6(9)2-3-7(10)8(5)12-4-11/h2-4H,1H3. The van der Waals surface area contributed by atoms with Crippen molar-refractivity contribution in [1.29, 1.82) is 0 Å². The summed E-state index contributed by atoms with van der Waals surface area (Å²) in [5, 5.41) is 0. The molecule has 0 heterocycles. The lowest BCUT2D eigenvalue weighted by atomic mass is 10.2. The van der Waals surface area contributed by atoms with Gasteiger partial charge in [0.25, 0.3) is 6.47 Å². The average Bonchev–Trinajstić information content (AvgIpc) is 2.06. The Balaban J connectivity index is 3.22. The van der Waals surface area contributed by atoms with Crippen LogP contribution < -0.4 is 4.74 Å². The molecule has 1 aromatic rings. The lowest BCUT2D eigenvalue weighted by Crippen LogP contribution is -1.95. The maximum atomic E-state index is 12.9. The molecule has 4 heteroatoms. The van der Waals surface area contributed by atoms with Crippen molar-refractivity contribution in [1.82, 2.24) is 0 Å². The summed E-state index contributed by atoms with van der Waals surface area (Å²) >= 11 is 3.19. The monoisotopic (exact) mass is 232 g/mol. The number of carbonyl (C=O) groups is 1. The van der Waals surface area contributed by atoms with E-state index in [2.05, 4.69) is 20.7 Å². The van der Waals surface area contributed by atoms with Gasteiger partial charge in [-0.3, -0.25) is 4.79 Å². The largest absolute Gasteiger partial charge is 0.425 e. The molecular formula is C8H6BrFO2. The van der Waals surface area contributed by atoms with Gasteiger partial charge in [-0.1, -0.05) is 15.9 Å². The number of carbonyl (C=O) groups excluding carboxylic acids is 1. The van der Waals surface area contributed by atoms with Crippen LogP contribution in [0.2, 0.25) is 0 Å². The molecule has 0 saturated carbocycles. The van der Waals surface area contributed by atoms with Gasteiger partial charge >= 0.3 is 0 Å². The summed E-state index contributed by atoms with van der Waals surface area (Å²) in [4.78, 5) is 9.99. The Bertz CT molecular complexity index is 312. The second-order valence-corrected chi connectivity index (χ2v) is 3.05. The van der Waals surface area contributed by atoms with Crippen molar-refractivity contribution in [3.63, 3.8) is 0 Å². The Hall–Kier alpha value is -0.900. The molecule has 12 heavy (non-hydrogen) atoms. The Kier molecular flexibility index (Phi) is 2.81. The van der Waals surface area contributed by atoms with Gasteiger partial charge in [-0.2, -0.15) is 0 Å². The van der Waals surface area contributed by atoms with E-state index in [9.17, 15) is 9.18 Å². The lowest BCUT2D eigenvalue weighted by Gasteiger charge is -2.05. The molecule has 0 atom stereocenters. The first-order valence-corrected chi connectivity index (χ1v) is 4.01. The minimum atomic E-state index is -0.539. The van der Waals surface area contributed by atoms with Crippen LogP contribution in [-0.4, -0.2) is 6.47 Å². The highest BCUT2D eigenvalue weighted by Crippen LogP contribution is 2.28. The number of ether oxygens (including phenoxy) is 1. The van der Waals surface area contributed by atoms with Gasteiger partial charge < -0.3 is 4.74 Å². The van der Waals surface area contributed by atoms with Crippen molar-refractivity contribution in [2.45, 2.75) is 6.92 Å². The zero-order chi connectivity index (χ0) is 9.14.